The van der Waals surface area contributed by atoms with Gasteiger partial charge in [0.2, 0.25) is 0 Å². The number of hydrogen-bond acceptors (Lipinski definition) is 4. The first-order valence-corrected chi connectivity index (χ1v) is 8.08. The molecule has 0 fully saturated rings. The van der Waals surface area contributed by atoms with Crippen molar-refractivity contribution < 1.29 is 17.9 Å². The van der Waals surface area contributed by atoms with E-state index >= 15 is 0 Å². The fourth-order valence-electron chi connectivity index (χ4n) is 1.24. The van der Waals surface area contributed by atoms with Crippen LogP contribution in [0.2, 0.25) is 5.02 Å². The lowest BCUT2D eigenvalue weighted by Gasteiger charge is -2.08. The van der Waals surface area contributed by atoms with E-state index in [0.717, 1.165) is 6.42 Å². The molecular formula is C11H14Cl2O4S. The molecule has 4 nitrogen and oxygen atoms in total. The monoisotopic (exact) mass is 312 g/mol. The van der Waals surface area contributed by atoms with Crippen molar-refractivity contribution in [3.63, 3.8) is 0 Å². The molecule has 0 bridgehead atoms. The minimum atomic E-state index is -3.76. The molecule has 102 valence electrons. The molecule has 1 aromatic rings. The van der Waals surface area contributed by atoms with Crippen LogP contribution in [-0.2, 0) is 13.8 Å². The third-order valence-corrected chi connectivity index (χ3v) is 3.73. The van der Waals surface area contributed by atoms with Crippen LogP contribution in [0, 0.1) is 0 Å². The lowest BCUT2D eigenvalue weighted by Crippen LogP contribution is -2.03. The van der Waals surface area contributed by atoms with Gasteiger partial charge in [-0.05, 0) is 25.1 Å². The van der Waals surface area contributed by atoms with Gasteiger partial charge in [-0.2, -0.15) is 0 Å². The summed E-state index contributed by atoms with van der Waals surface area (Å²) >= 11 is 5.90. The van der Waals surface area contributed by atoms with E-state index in [1.807, 2.05) is 6.92 Å². The molecule has 0 N–H and O–H groups in total. The molecule has 0 spiro atoms. The van der Waals surface area contributed by atoms with Crippen molar-refractivity contribution in [3.8, 4) is 5.75 Å². The van der Waals surface area contributed by atoms with Crippen LogP contribution in [0.15, 0.2) is 23.1 Å². The Kier molecular flexibility index (Phi) is 6.21. The Balaban J connectivity index is 2.58. The number of benzene rings is 1. The molecule has 0 heterocycles. The Morgan fingerprint density at radius 3 is 2.56 bits per heavy atom. The smallest absolute Gasteiger partial charge is 0.261 e. The second-order valence-electron chi connectivity index (χ2n) is 3.43. The van der Waals surface area contributed by atoms with Gasteiger partial charge in [-0.15, -0.1) is 0 Å². The molecule has 0 amide bonds. The summed E-state index contributed by atoms with van der Waals surface area (Å²) in [5, 5.41) is 0.216. The highest BCUT2D eigenvalue weighted by Gasteiger charge is 2.12. The van der Waals surface area contributed by atoms with E-state index < -0.39 is 9.05 Å². The van der Waals surface area contributed by atoms with E-state index in [1.165, 1.54) is 18.2 Å². The lowest BCUT2D eigenvalue weighted by molar-refractivity contribution is 0.131. The zero-order chi connectivity index (χ0) is 13.6. The van der Waals surface area contributed by atoms with E-state index in [9.17, 15) is 8.42 Å². The van der Waals surface area contributed by atoms with Gasteiger partial charge in [0.1, 0.15) is 5.75 Å². The molecule has 1 rings (SSSR count). The molecule has 0 saturated carbocycles. The summed E-state index contributed by atoms with van der Waals surface area (Å²) < 4.78 is 32.7. The quantitative estimate of drug-likeness (QED) is 0.573. The van der Waals surface area contributed by atoms with Gasteiger partial charge in [0.15, 0.2) is 0 Å². The first-order chi connectivity index (χ1) is 8.45. The third kappa shape index (κ3) is 5.02. The number of ether oxygens (including phenoxy) is 2. The maximum Gasteiger partial charge on any atom is 0.261 e. The van der Waals surface area contributed by atoms with Crippen molar-refractivity contribution in [1.82, 2.24) is 0 Å². The summed E-state index contributed by atoms with van der Waals surface area (Å²) in [5.41, 5.74) is 0. The van der Waals surface area contributed by atoms with Gasteiger partial charge in [0.25, 0.3) is 9.05 Å². The van der Waals surface area contributed by atoms with Crippen LogP contribution in [0.4, 0.5) is 0 Å². The van der Waals surface area contributed by atoms with Gasteiger partial charge < -0.3 is 9.47 Å². The van der Waals surface area contributed by atoms with Crippen LogP contribution < -0.4 is 4.74 Å². The van der Waals surface area contributed by atoms with Gasteiger partial charge >= 0.3 is 0 Å². The Labute approximate surface area is 116 Å². The zero-order valence-electron chi connectivity index (χ0n) is 9.86. The Bertz CT molecular complexity index is 488. The molecule has 0 radical (unpaired) electrons. The van der Waals surface area contributed by atoms with E-state index in [2.05, 4.69) is 0 Å². The highest BCUT2D eigenvalue weighted by molar-refractivity contribution is 8.13. The molecule has 0 aromatic heterocycles. The summed E-state index contributed by atoms with van der Waals surface area (Å²) in [6.45, 7) is 3.65. The first kappa shape index (κ1) is 15.6. The van der Waals surface area contributed by atoms with Crippen LogP contribution in [0.5, 0.6) is 5.75 Å². The molecule has 0 atom stereocenters. The van der Waals surface area contributed by atoms with Gasteiger partial charge in [0.05, 0.1) is 16.5 Å². The van der Waals surface area contributed by atoms with Crippen LogP contribution >= 0.6 is 22.3 Å². The summed E-state index contributed by atoms with van der Waals surface area (Å²) in [6, 6.07) is 4.10. The molecule has 0 saturated heterocycles. The lowest BCUT2D eigenvalue weighted by atomic mass is 10.3. The molecule has 7 heteroatoms. The molecule has 1 aromatic carbocycles. The minimum absolute atomic E-state index is 0.0455. The molecular weight excluding hydrogens is 299 g/mol. The van der Waals surface area contributed by atoms with Crippen molar-refractivity contribution in [3.05, 3.63) is 23.2 Å². The van der Waals surface area contributed by atoms with Gasteiger partial charge in [-0.3, -0.25) is 0 Å². The summed E-state index contributed by atoms with van der Waals surface area (Å²) in [6.07, 6.45) is 0.736. The van der Waals surface area contributed by atoms with E-state index in [1.54, 1.807) is 0 Å². The number of hydrogen-bond donors (Lipinski definition) is 0. The molecule has 0 unspecified atom stereocenters. The second kappa shape index (κ2) is 7.19. The fourth-order valence-corrected chi connectivity index (χ4v) is 2.31. The normalized spacial score (nSPS) is 11.5. The van der Waals surface area contributed by atoms with Gasteiger partial charge in [-0.25, -0.2) is 8.42 Å². The van der Waals surface area contributed by atoms with Crippen LogP contribution in [0.25, 0.3) is 0 Å². The standard InChI is InChI=1S/C11H14Cl2O4S/c1-2-16-6-3-7-17-11-5-4-9(8-10(11)12)18(13,14)15/h4-5,8H,2-3,6-7H2,1H3. The van der Waals surface area contributed by atoms with Gasteiger partial charge in [-0.1, -0.05) is 11.6 Å². The van der Waals surface area contributed by atoms with Crippen LogP contribution in [0.1, 0.15) is 13.3 Å². The van der Waals surface area contributed by atoms with Crippen molar-refractivity contribution in [2.75, 3.05) is 19.8 Å². The van der Waals surface area contributed by atoms with Crippen LogP contribution in [-0.4, -0.2) is 28.2 Å². The van der Waals surface area contributed by atoms with Crippen molar-refractivity contribution in [2.45, 2.75) is 18.2 Å². The van der Waals surface area contributed by atoms with Crippen molar-refractivity contribution in [2.24, 2.45) is 0 Å². The number of rotatable bonds is 7. The highest BCUT2D eigenvalue weighted by atomic mass is 35.7. The van der Waals surface area contributed by atoms with E-state index in [4.69, 9.17) is 31.8 Å². The van der Waals surface area contributed by atoms with E-state index in [-0.39, 0.29) is 9.92 Å². The predicted molar refractivity (Wildman–Crippen MR) is 71.1 cm³/mol. The Morgan fingerprint density at radius 1 is 1.28 bits per heavy atom. The fraction of sp³-hybridized carbons (Fsp3) is 0.455. The molecule has 0 aliphatic rings. The largest absolute Gasteiger partial charge is 0.492 e. The summed E-state index contributed by atoms with van der Waals surface area (Å²) in [4.78, 5) is -0.0455. The maximum absolute atomic E-state index is 11.1. The summed E-state index contributed by atoms with van der Waals surface area (Å²) in [5.74, 6) is 0.428. The Hall–Kier alpha value is -0.490. The predicted octanol–water partition coefficient (Wildman–Crippen LogP) is 3.07. The second-order valence-corrected chi connectivity index (χ2v) is 6.40. The van der Waals surface area contributed by atoms with Gasteiger partial charge in [0, 0.05) is 30.3 Å². The average Bonchev–Trinajstić information content (AvgIpc) is 2.29. The van der Waals surface area contributed by atoms with Crippen molar-refractivity contribution >= 4 is 31.3 Å². The summed E-state index contributed by atoms with van der Waals surface area (Å²) in [7, 11) is 1.44. The van der Waals surface area contributed by atoms with Crippen LogP contribution in [0.3, 0.4) is 0 Å². The van der Waals surface area contributed by atoms with E-state index in [0.29, 0.717) is 25.6 Å². The minimum Gasteiger partial charge on any atom is -0.492 e. The van der Waals surface area contributed by atoms with Crippen molar-refractivity contribution in [1.29, 1.82) is 0 Å². The zero-order valence-corrected chi connectivity index (χ0v) is 12.2. The molecule has 18 heavy (non-hydrogen) atoms. The topological polar surface area (TPSA) is 52.6 Å². The third-order valence-electron chi connectivity index (χ3n) is 2.08. The average molecular weight is 313 g/mol. The first-order valence-electron chi connectivity index (χ1n) is 5.40. The number of halogens is 2. The molecule has 0 aliphatic heterocycles. The highest BCUT2D eigenvalue weighted by Crippen LogP contribution is 2.28. The maximum atomic E-state index is 11.1. The Morgan fingerprint density at radius 2 is 2.00 bits per heavy atom. The SMILES string of the molecule is CCOCCCOc1ccc(S(=O)(=O)Cl)cc1Cl. The molecule has 0 aliphatic carbocycles.